The monoisotopic (exact) mass is 422 g/mol. The quantitative estimate of drug-likeness (QED) is 0.338. The van der Waals surface area contributed by atoms with Gasteiger partial charge in [0.2, 0.25) is 5.82 Å². The van der Waals surface area contributed by atoms with E-state index in [9.17, 15) is 14.9 Å². The first-order valence-corrected chi connectivity index (χ1v) is 10.5. The first-order valence-electron chi connectivity index (χ1n) is 10.5. The first-order chi connectivity index (χ1) is 15.1. The number of nitro groups is 1. The predicted octanol–water partition coefficient (Wildman–Crippen LogP) is 2.22. The van der Waals surface area contributed by atoms with E-state index in [1.165, 1.54) is 16.2 Å². The normalized spacial score (nSPS) is 15.2. The van der Waals surface area contributed by atoms with E-state index in [4.69, 9.17) is 0 Å². The Bertz CT molecular complexity index is 1090. The smallest absolute Gasteiger partial charge is 0.364 e. The van der Waals surface area contributed by atoms with Crippen LogP contribution in [0, 0.1) is 10.1 Å². The Morgan fingerprint density at radius 1 is 1.00 bits per heavy atom. The van der Waals surface area contributed by atoms with Gasteiger partial charge >= 0.3 is 11.2 Å². The maximum Gasteiger partial charge on any atom is 0.376 e. The summed E-state index contributed by atoms with van der Waals surface area (Å²) in [7, 11) is 0. The van der Waals surface area contributed by atoms with Crippen LogP contribution in [0.5, 0.6) is 0 Å². The summed E-state index contributed by atoms with van der Waals surface area (Å²) in [6.45, 7) is 6.44. The molecule has 1 aromatic carbocycles. The second-order valence-electron chi connectivity index (χ2n) is 7.68. The third kappa shape index (κ3) is 5.07. The number of nitrogens with zero attached hydrogens (tertiary/aromatic N) is 5. The van der Waals surface area contributed by atoms with Gasteiger partial charge in [-0.15, -0.1) is 0 Å². The summed E-state index contributed by atoms with van der Waals surface area (Å²) in [6.07, 6.45) is 2.30. The molecule has 1 aliphatic rings. The molecule has 1 N–H and O–H groups in total. The minimum absolute atomic E-state index is 0.0360. The maximum atomic E-state index is 12.5. The van der Waals surface area contributed by atoms with Crippen LogP contribution in [0.15, 0.2) is 59.5 Å². The molecule has 0 atom stereocenters. The van der Waals surface area contributed by atoms with E-state index in [0.717, 1.165) is 45.7 Å². The lowest BCUT2D eigenvalue weighted by atomic mass is 10.2. The molecule has 0 bridgehead atoms. The summed E-state index contributed by atoms with van der Waals surface area (Å²) in [5.74, 6) is 0.0360. The molecule has 162 valence electrons. The first kappa shape index (κ1) is 21.0. The van der Waals surface area contributed by atoms with Crippen LogP contribution in [-0.4, -0.2) is 63.4 Å². The molecule has 0 unspecified atom stereocenters. The predicted molar refractivity (Wildman–Crippen MR) is 119 cm³/mol. The average molecular weight is 422 g/mol. The molecular weight excluding hydrogens is 396 g/mol. The highest BCUT2D eigenvalue weighted by Crippen LogP contribution is 2.18. The Hall–Kier alpha value is -3.30. The number of aromatic nitrogens is 2. The lowest BCUT2D eigenvalue weighted by Crippen LogP contribution is -2.46. The van der Waals surface area contributed by atoms with Gasteiger partial charge in [-0.3, -0.25) is 24.2 Å². The van der Waals surface area contributed by atoms with Crippen molar-refractivity contribution in [2.45, 2.75) is 13.0 Å². The molecule has 0 saturated carbocycles. The zero-order chi connectivity index (χ0) is 21.6. The standard InChI is InChI=1S/C22H26N6O3/c29-22-20(28(30)31)21(24-19-9-4-5-12-27(19)22)23-10-6-11-25-13-15-26(16-14-25)17-18-7-2-1-3-8-18/h1-5,7-9,12,23H,6,10-11,13-17H2. The van der Waals surface area contributed by atoms with Crippen LogP contribution < -0.4 is 10.9 Å². The third-order valence-corrected chi connectivity index (χ3v) is 5.55. The average Bonchev–Trinajstić information content (AvgIpc) is 2.78. The van der Waals surface area contributed by atoms with E-state index in [2.05, 4.69) is 44.4 Å². The van der Waals surface area contributed by atoms with E-state index in [-0.39, 0.29) is 5.82 Å². The van der Waals surface area contributed by atoms with E-state index in [1.54, 1.807) is 18.2 Å². The maximum absolute atomic E-state index is 12.5. The highest BCUT2D eigenvalue weighted by Gasteiger charge is 2.23. The Labute approximate surface area is 180 Å². The van der Waals surface area contributed by atoms with Crippen LogP contribution in [0.2, 0.25) is 0 Å². The number of benzene rings is 1. The second-order valence-corrected chi connectivity index (χ2v) is 7.68. The summed E-state index contributed by atoms with van der Waals surface area (Å²) in [5.41, 5.74) is 0.529. The van der Waals surface area contributed by atoms with Crippen LogP contribution in [-0.2, 0) is 6.54 Å². The minimum atomic E-state index is -0.673. The Balaban J connectivity index is 1.28. The van der Waals surface area contributed by atoms with Crippen molar-refractivity contribution in [1.29, 1.82) is 0 Å². The third-order valence-electron chi connectivity index (χ3n) is 5.55. The van der Waals surface area contributed by atoms with Gasteiger partial charge < -0.3 is 10.2 Å². The van der Waals surface area contributed by atoms with Crippen molar-refractivity contribution in [2.75, 3.05) is 44.6 Å². The molecule has 31 heavy (non-hydrogen) atoms. The van der Waals surface area contributed by atoms with Crippen molar-refractivity contribution in [3.05, 3.63) is 80.8 Å². The lowest BCUT2D eigenvalue weighted by molar-refractivity contribution is -0.385. The molecule has 0 aliphatic carbocycles. The summed E-state index contributed by atoms with van der Waals surface area (Å²) in [6, 6.07) is 15.5. The van der Waals surface area contributed by atoms with Gasteiger partial charge in [-0.05, 0) is 30.7 Å². The molecule has 1 saturated heterocycles. The van der Waals surface area contributed by atoms with Crippen LogP contribution in [0.25, 0.3) is 5.65 Å². The van der Waals surface area contributed by atoms with Crippen LogP contribution in [0.3, 0.4) is 0 Å². The largest absolute Gasteiger partial charge is 0.376 e. The molecule has 1 fully saturated rings. The topological polar surface area (TPSA) is 96.0 Å². The van der Waals surface area contributed by atoms with Crippen LogP contribution >= 0.6 is 0 Å². The van der Waals surface area contributed by atoms with Gasteiger partial charge in [0.05, 0.1) is 4.92 Å². The molecule has 4 rings (SSSR count). The van der Waals surface area contributed by atoms with E-state index < -0.39 is 16.2 Å². The number of nitrogens with one attached hydrogen (secondary N) is 1. The van der Waals surface area contributed by atoms with E-state index in [0.29, 0.717) is 12.2 Å². The number of hydrogen-bond acceptors (Lipinski definition) is 7. The fourth-order valence-electron chi connectivity index (χ4n) is 3.89. The second kappa shape index (κ2) is 9.67. The van der Waals surface area contributed by atoms with Crippen molar-refractivity contribution in [1.82, 2.24) is 19.2 Å². The number of piperazine rings is 1. The molecule has 2 aromatic heterocycles. The van der Waals surface area contributed by atoms with Crippen molar-refractivity contribution in [2.24, 2.45) is 0 Å². The molecule has 3 aromatic rings. The number of fused-ring (bicyclic) bond motifs is 1. The number of hydrogen-bond donors (Lipinski definition) is 1. The molecule has 0 amide bonds. The molecule has 3 heterocycles. The molecule has 9 nitrogen and oxygen atoms in total. The summed E-state index contributed by atoms with van der Waals surface area (Å²) < 4.78 is 1.19. The van der Waals surface area contributed by atoms with Gasteiger partial charge in [0.1, 0.15) is 5.65 Å². The van der Waals surface area contributed by atoms with Crippen LogP contribution in [0.1, 0.15) is 12.0 Å². The summed E-state index contributed by atoms with van der Waals surface area (Å²) in [5, 5.41) is 14.4. The van der Waals surface area contributed by atoms with Gasteiger partial charge in [-0.2, -0.15) is 0 Å². The SMILES string of the molecule is O=c1c([N+](=O)[O-])c(NCCCN2CCN(Cc3ccccc3)CC2)nc2ccccn12. The highest BCUT2D eigenvalue weighted by atomic mass is 16.6. The molecule has 0 radical (unpaired) electrons. The minimum Gasteiger partial charge on any atom is -0.364 e. The fraction of sp³-hybridized carbons (Fsp3) is 0.364. The molecule has 1 aliphatic heterocycles. The molecular formula is C22H26N6O3. The van der Waals surface area contributed by atoms with Crippen molar-refractivity contribution in [3.63, 3.8) is 0 Å². The van der Waals surface area contributed by atoms with Gasteiger partial charge in [0, 0.05) is 45.5 Å². The van der Waals surface area contributed by atoms with Crippen LogP contribution in [0.4, 0.5) is 11.5 Å². The lowest BCUT2D eigenvalue weighted by Gasteiger charge is -2.34. The summed E-state index contributed by atoms with van der Waals surface area (Å²) in [4.78, 5) is 32.4. The molecule has 0 spiro atoms. The zero-order valence-electron chi connectivity index (χ0n) is 17.3. The van der Waals surface area contributed by atoms with E-state index >= 15 is 0 Å². The Kier molecular flexibility index (Phi) is 6.54. The van der Waals surface area contributed by atoms with Gasteiger partial charge in [-0.1, -0.05) is 36.4 Å². The van der Waals surface area contributed by atoms with Crippen molar-refractivity contribution in [3.8, 4) is 0 Å². The van der Waals surface area contributed by atoms with E-state index in [1.807, 2.05) is 6.07 Å². The summed E-state index contributed by atoms with van der Waals surface area (Å²) >= 11 is 0. The zero-order valence-corrected chi connectivity index (χ0v) is 17.3. The number of pyridine rings is 1. The number of rotatable bonds is 8. The number of anilines is 1. The molecule has 9 heteroatoms. The highest BCUT2D eigenvalue weighted by molar-refractivity contribution is 5.59. The van der Waals surface area contributed by atoms with Crippen molar-refractivity contribution < 1.29 is 4.92 Å². The van der Waals surface area contributed by atoms with Crippen molar-refractivity contribution >= 4 is 17.2 Å². The van der Waals surface area contributed by atoms with Gasteiger partial charge in [0.25, 0.3) is 0 Å². The van der Waals surface area contributed by atoms with Gasteiger partial charge in [0.15, 0.2) is 0 Å². The fourth-order valence-corrected chi connectivity index (χ4v) is 3.89. The Morgan fingerprint density at radius 3 is 2.45 bits per heavy atom. The van der Waals surface area contributed by atoms with Gasteiger partial charge in [-0.25, -0.2) is 4.98 Å². The Morgan fingerprint density at radius 2 is 1.71 bits per heavy atom.